The predicted molar refractivity (Wildman–Crippen MR) is 76.7 cm³/mol. The molecule has 1 aromatic rings. The summed E-state index contributed by atoms with van der Waals surface area (Å²) in [6.45, 7) is 13.3. The Kier molecular flexibility index (Phi) is 5.60. The van der Waals surface area contributed by atoms with Crippen molar-refractivity contribution in [2.24, 2.45) is 5.92 Å². The van der Waals surface area contributed by atoms with Crippen LogP contribution in [-0.4, -0.2) is 11.0 Å². The second kappa shape index (κ2) is 6.50. The highest BCUT2D eigenvalue weighted by molar-refractivity contribution is 7.11. The van der Waals surface area contributed by atoms with E-state index in [1.54, 1.807) is 0 Å². The van der Waals surface area contributed by atoms with Crippen molar-refractivity contribution < 1.29 is 0 Å². The molecular formula is C14H26N2S. The van der Waals surface area contributed by atoms with Gasteiger partial charge in [-0.25, -0.2) is 4.98 Å². The second-order valence-electron chi connectivity index (χ2n) is 5.41. The van der Waals surface area contributed by atoms with Gasteiger partial charge in [0, 0.05) is 10.9 Å². The van der Waals surface area contributed by atoms with Gasteiger partial charge in [0.1, 0.15) is 5.01 Å². The Morgan fingerprint density at radius 3 is 2.29 bits per heavy atom. The minimum absolute atomic E-state index is 0.416. The lowest BCUT2D eigenvalue weighted by atomic mass is 10.0. The largest absolute Gasteiger partial charge is 0.306 e. The summed E-state index contributed by atoms with van der Waals surface area (Å²) in [5.41, 5.74) is 1.27. The topological polar surface area (TPSA) is 24.9 Å². The Balaban J connectivity index is 2.87. The molecule has 0 aromatic carbocycles. The van der Waals surface area contributed by atoms with Crippen LogP contribution in [0.4, 0.5) is 0 Å². The highest BCUT2D eigenvalue weighted by atomic mass is 32.1. The lowest BCUT2D eigenvalue weighted by Gasteiger charge is -2.21. The summed E-state index contributed by atoms with van der Waals surface area (Å²) >= 11 is 1.86. The molecular weight excluding hydrogens is 228 g/mol. The van der Waals surface area contributed by atoms with Gasteiger partial charge in [0.2, 0.25) is 0 Å². The molecule has 1 aromatic heterocycles. The molecule has 0 amide bonds. The Morgan fingerprint density at radius 1 is 1.24 bits per heavy atom. The van der Waals surface area contributed by atoms with Crippen LogP contribution in [0.1, 0.15) is 62.7 Å². The van der Waals surface area contributed by atoms with Crippen LogP contribution in [-0.2, 0) is 6.42 Å². The molecule has 1 rings (SSSR count). The van der Waals surface area contributed by atoms with Crippen molar-refractivity contribution in [1.29, 1.82) is 0 Å². The quantitative estimate of drug-likeness (QED) is 0.826. The van der Waals surface area contributed by atoms with Crippen molar-refractivity contribution in [3.63, 3.8) is 0 Å². The van der Waals surface area contributed by atoms with Crippen LogP contribution in [0.2, 0.25) is 0 Å². The average Bonchev–Trinajstić information content (AvgIpc) is 2.57. The molecule has 3 heteroatoms. The minimum atomic E-state index is 0.416. The van der Waals surface area contributed by atoms with Crippen LogP contribution in [0.25, 0.3) is 0 Å². The fourth-order valence-electron chi connectivity index (χ4n) is 2.04. The molecule has 0 aliphatic heterocycles. The third-order valence-electron chi connectivity index (χ3n) is 2.78. The van der Waals surface area contributed by atoms with Gasteiger partial charge >= 0.3 is 0 Å². The fourth-order valence-corrected chi connectivity index (χ4v) is 3.13. The maximum atomic E-state index is 4.79. The minimum Gasteiger partial charge on any atom is -0.306 e. The summed E-state index contributed by atoms with van der Waals surface area (Å²) in [7, 11) is 0. The van der Waals surface area contributed by atoms with E-state index in [-0.39, 0.29) is 0 Å². The van der Waals surface area contributed by atoms with Gasteiger partial charge in [-0.05, 0) is 25.7 Å². The summed E-state index contributed by atoms with van der Waals surface area (Å²) in [6, 6.07) is 0.923. The van der Waals surface area contributed by atoms with E-state index in [1.807, 2.05) is 11.3 Å². The molecule has 0 aliphatic carbocycles. The van der Waals surface area contributed by atoms with Gasteiger partial charge in [-0.2, -0.15) is 0 Å². The molecule has 0 bridgehead atoms. The smallest absolute Gasteiger partial charge is 0.110 e. The zero-order valence-electron chi connectivity index (χ0n) is 12.0. The van der Waals surface area contributed by atoms with E-state index in [4.69, 9.17) is 4.98 Å². The normalized spacial score (nSPS) is 13.6. The van der Waals surface area contributed by atoms with Crippen molar-refractivity contribution in [3.8, 4) is 0 Å². The molecule has 98 valence electrons. The number of nitrogens with zero attached hydrogens (tertiary/aromatic N) is 1. The number of thiazole rings is 1. The number of hydrogen-bond acceptors (Lipinski definition) is 3. The molecule has 1 N–H and O–H groups in total. The number of hydrogen-bond donors (Lipinski definition) is 1. The van der Waals surface area contributed by atoms with E-state index in [2.05, 4.69) is 46.9 Å². The predicted octanol–water partition coefficient (Wildman–Crippen LogP) is 4.10. The van der Waals surface area contributed by atoms with Gasteiger partial charge in [-0.3, -0.25) is 0 Å². The molecule has 2 nitrogen and oxygen atoms in total. The van der Waals surface area contributed by atoms with Gasteiger partial charge < -0.3 is 5.32 Å². The molecule has 1 unspecified atom stereocenters. The summed E-state index contributed by atoms with van der Waals surface area (Å²) in [5, 5.41) is 4.91. The van der Waals surface area contributed by atoms with Gasteiger partial charge in [0.15, 0.2) is 0 Å². The van der Waals surface area contributed by atoms with Crippen molar-refractivity contribution in [2.45, 2.75) is 66.5 Å². The molecule has 0 radical (unpaired) electrons. The van der Waals surface area contributed by atoms with E-state index in [9.17, 15) is 0 Å². The van der Waals surface area contributed by atoms with Crippen LogP contribution in [0, 0.1) is 12.8 Å². The van der Waals surface area contributed by atoms with Gasteiger partial charge in [-0.15, -0.1) is 11.3 Å². The maximum Gasteiger partial charge on any atom is 0.110 e. The van der Waals surface area contributed by atoms with Crippen molar-refractivity contribution in [1.82, 2.24) is 10.3 Å². The van der Waals surface area contributed by atoms with Crippen LogP contribution in [0.5, 0.6) is 0 Å². The van der Waals surface area contributed by atoms with E-state index in [1.165, 1.54) is 15.6 Å². The molecule has 1 atom stereocenters. The molecule has 0 saturated carbocycles. The molecule has 0 aliphatic rings. The van der Waals surface area contributed by atoms with E-state index in [0.29, 0.717) is 18.0 Å². The number of aromatic nitrogens is 1. The SMILES string of the molecule is CCc1nc(C(CC(C)C)NC(C)C)sc1C. The monoisotopic (exact) mass is 254 g/mol. The first-order chi connectivity index (χ1) is 7.93. The van der Waals surface area contributed by atoms with E-state index in [0.717, 1.165) is 12.8 Å². The van der Waals surface area contributed by atoms with Crippen LogP contribution in [0.15, 0.2) is 0 Å². The lowest BCUT2D eigenvalue weighted by Crippen LogP contribution is -2.29. The Bertz CT molecular complexity index is 332. The van der Waals surface area contributed by atoms with Crippen molar-refractivity contribution in [3.05, 3.63) is 15.6 Å². The van der Waals surface area contributed by atoms with Crippen molar-refractivity contribution >= 4 is 11.3 Å². The average molecular weight is 254 g/mol. The maximum absolute atomic E-state index is 4.79. The summed E-state index contributed by atoms with van der Waals surface area (Å²) in [6.07, 6.45) is 2.20. The lowest BCUT2D eigenvalue weighted by molar-refractivity contribution is 0.399. The zero-order valence-corrected chi connectivity index (χ0v) is 12.8. The van der Waals surface area contributed by atoms with E-state index < -0.39 is 0 Å². The molecule has 0 fully saturated rings. The number of nitrogens with one attached hydrogen (secondary N) is 1. The van der Waals surface area contributed by atoms with Gasteiger partial charge in [0.25, 0.3) is 0 Å². The summed E-state index contributed by atoms with van der Waals surface area (Å²) in [5.74, 6) is 0.695. The standard InChI is InChI=1S/C14H26N2S/c1-7-12-11(6)17-14(16-12)13(8-9(2)3)15-10(4)5/h9-10,13,15H,7-8H2,1-6H3. The Hall–Kier alpha value is -0.410. The zero-order chi connectivity index (χ0) is 13.0. The van der Waals surface area contributed by atoms with Crippen LogP contribution >= 0.6 is 11.3 Å². The summed E-state index contributed by atoms with van der Waals surface area (Å²) < 4.78 is 0. The summed E-state index contributed by atoms with van der Waals surface area (Å²) in [4.78, 5) is 6.17. The Morgan fingerprint density at radius 2 is 1.88 bits per heavy atom. The third kappa shape index (κ3) is 4.40. The first-order valence-corrected chi connectivity index (χ1v) is 7.47. The second-order valence-corrected chi connectivity index (χ2v) is 6.65. The third-order valence-corrected chi connectivity index (χ3v) is 3.91. The molecule has 1 heterocycles. The molecule has 0 saturated heterocycles. The molecule has 0 spiro atoms. The van der Waals surface area contributed by atoms with Crippen molar-refractivity contribution in [2.75, 3.05) is 0 Å². The number of rotatable bonds is 6. The van der Waals surface area contributed by atoms with Gasteiger partial charge in [-0.1, -0.05) is 34.6 Å². The number of aryl methyl sites for hydroxylation is 2. The van der Waals surface area contributed by atoms with Crippen LogP contribution < -0.4 is 5.32 Å². The van der Waals surface area contributed by atoms with Gasteiger partial charge in [0.05, 0.1) is 11.7 Å². The first kappa shape index (κ1) is 14.7. The molecule has 17 heavy (non-hydrogen) atoms. The first-order valence-electron chi connectivity index (χ1n) is 6.66. The highest BCUT2D eigenvalue weighted by Crippen LogP contribution is 2.28. The fraction of sp³-hybridized carbons (Fsp3) is 0.786. The van der Waals surface area contributed by atoms with E-state index >= 15 is 0 Å². The highest BCUT2D eigenvalue weighted by Gasteiger charge is 2.19. The Labute approximate surface area is 110 Å². The van der Waals surface area contributed by atoms with Crippen LogP contribution in [0.3, 0.4) is 0 Å².